The fourth-order valence-electron chi connectivity index (χ4n) is 4.10. The molecular formula is C28H27NO2. The molecule has 0 saturated heterocycles. The Hall–Kier alpha value is -3.51. The smallest absolute Gasteiger partial charge is 0.408 e. The number of ether oxygens (including phenoxy) is 1. The molecule has 31 heavy (non-hydrogen) atoms. The van der Waals surface area contributed by atoms with Gasteiger partial charge in [-0.3, -0.25) is 0 Å². The van der Waals surface area contributed by atoms with Gasteiger partial charge in [0.1, 0.15) is 6.61 Å². The second-order valence-electron chi connectivity index (χ2n) is 8.29. The van der Waals surface area contributed by atoms with Gasteiger partial charge in [-0.25, -0.2) is 4.79 Å². The van der Waals surface area contributed by atoms with E-state index in [4.69, 9.17) is 4.74 Å². The number of fused-ring (bicyclic) bond motifs is 3. The van der Waals surface area contributed by atoms with Crippen molar-refractivity contribution in [1.29, 1.82) is 0 Å². The number of hydrogen-bond acceptors (Lipinski definition) is 2. The molecule has 0 heterocycles. The Morgan fingerprint density at radius 2 is 1.48 bits per heavy atom. The van der Waals surface area contributed by atoms with Gasteiger partial charge in [0.25, 0.3) is 0 Å². The largest absolute Gasteiger partial charge is 0.449 e. The van der Waals surface area contributed by atoms with E-state index in [0.717, 1.165) is 12.0 Å². The number of benzene rings is 3. The lowest BCUT2D eigenvalue weighted by Gasteiger charge is -2.18. The summed E-state index contributed by atoms with van der Waals surface area (Å²) in [5.74, 6) is 6.81. The molecular weight excluding hydrogens is 382 g/mol. The molecule has 3 aromatic carbocycles. The zero-order valence-electron chi connectivity index (χ0n) is 18.0. The Kier molecular flexibility index (Phi) is 6.38. The fourth-order valence-corrected chi connectivity index (χ4v) is 4.10. The van der Waals surface area contributed by atoms with Crippen LogP contribution in [0.3, 0.4) is 0 Å². The number of nitrogens with one attached hydrogen (secondary N) is 1. The highest BCUT2D eigenvalue weighted by Crippen LogP contribution is 2.44. The molecule has 1 N–H and O–H groups in total. The van der Waals surface area contributed by atoms with Crippen LogP contribution in [-0.4, -0.2) is 18.7 Å². The number of amides is 1. The molecule has 0 fully saturated rings. The van der Waals surface area contributed by atoms with Crippen LogP contribution in [0, 0.1) is 17.8 Å². The first-order valence-electron chi connectivity index (χ1n) is 10.8. The normalized spacial score (nSPS) is 13.0. The maximum atomic E-state index is 12.6. The molecule has 4 rings (SSSR count). The lowest BCUT2D eigenvalue weighted by molar-refractivity contribution is 0.140. The van der Waals surface area contributed by atoms with Gasteiger partial charge >= 0.3 is 6.09 Å². The Morgan fingerprint density at radius 1 is 0.903 bits per heavy atom. The van der Waals surface area contributed by atoms with Crippen LogP contribution in [0.25, 0.3) is 11.1 Å². The first-order valence-corrected chi connectivity index (χ1v) is 10.8. The molecule has 3 aromatic rings. The third-order valence-electron chi connectivity index (χ3n) is 5.51. The molecule has 156 valence electrons. The van der Waals surface area contributed by atoms with Crippen LogP contribution in [0.2, 0.25) is 0 Å². The Bertz CT molecular complexity index is 1060. The topological polar surface area (TPSA) is 38.3 Å². The number of carbonyl (C=O) groups excluding carboxylic acids is 1. The van der Waals surface area contributed by atoms with Crippen LogP contribution in [0.4, 0.5) is 4.79 Å². The van der Waals surface area contributed by atoms with E-state index in [9.17, 15) is 4.79 Å². The maximum Gasteiger partial charge on any atom is 0.408 e. The first kappa shape index (κ1) is 20.8. The van der Waals surface area contributed by atoms with E-state index < -0.39 is 6.09 Å². The molecule has 1 atom stereocenters. The van der Waals surface area contributed by atoms with Crippen molar-refractivity contribution >= 4 is 6.09 Å². The molecule has 0 aliphatic heterocycles. The minimum absolute atomic E-state index is 0.0529. The zero-order chi connectivity index (χ0) is 21.6. The van der Waals surface area contributed by atoms with Crippen molar-refractivity contribution in [1.82, 2.24) is 5.32 Å². The molecule has 0 spiro atoms. The lowest BCUT2D eigenvalue weighted by Crippen LogP contribution is -2.36. The van der Waals surface area contributed by atoms with Gasteiger partial charge in [-0.15, -0.1) is 0 Å². The van der Waals surface area contributed by atoms with Gasteiger partial charge in [-0.05, 0) is 46.7 Å². The number of hydrogen-bond donors (Lipinski definition) is 1. The van der Waals surface area contributed by atoms with E-state index in [0.29, 0.717) is 12.5 Å². The minimum Gasteiger partial charge on any atom is -0.449 e. The Morgan fingerprint density at radius 3 is 2.10 bits per heavy atom. The third kappa shape index (κ3) is 4.98. The summed E-state index contributed by atoms with van der Waals surface area (Å²) in [6, 6.07) is 26.2. The summed E-state index contributed by atoms with van der Waals surface area (Å²) in [4.78, 5) is 12.6. The van der Waals surface area contributed by atoms with Crippen LogP contribution in [0.5, 0.6) is 0 Å². The molecule has 3 nitrogen and oxygen atoms in total. The average Bonchev–Trinajstić information content (AvgIpc) is 3.10. The van der Waals surface area contributed by atoms with Gasteiger partial charge in [0.2, 0.25) is 0 Å². The quantitative estimate of drug-likeness (QED) is 0.526. The van der Waals surface area contributed by atoms with E-state index in [1.165, 1.54) is 22.3 Å². The maximum absolute atomic E-state index is 12.6. The van der Waals surface area contributed by atoms with E-state index >= 15 is 0 Å². The molecule has 0 unspecified atom stereocenters. The van der Waals surface area contributed by atoms with E-state index in [1.54, 1.807) is 0 Å². The summed E-state index contributed by atoms with van der Waals surface area (Å²) in [7, 11) is 0. The van der Waals surface area contributed by atoms with E-state index in [2.05, 4.69) is 55.3 Å². The second kappa shape index (κ2) is 9.53. The van der Waals surface area contributed by atoms with Crippen molar-refractivity contribution in [2.75, 3.05) is 6.61 Å². The summed E-state index contributed by atoms with van der Waals surface area (Å²) in [5, 5.41) is 2.96. The summed E-state index contributed by atoms with van der Waals surface area (Å²) in [5.41, 5.74) is 5.79. The van der Waals surface area contributed by atoms with Crippen molar-refractivity contribution in [2.24, 2.45) is 5.92 Å². The minimum atomic E-state index is -0.421. The summed E-state index contributed by atoms with van der Waals surface area (Å²) < 4.78 is 5.69. The SMILES string of the molecule is CC(C)C[C@@H](C#Cc1ccccc1)NC(=O)OCC1c2ccccc2-c2ccccc21. The average molecular weight is 410 g/mol. The van der Waals surface area contributed by atoms with Crippen LogP contribution < -0.4 is 5.32 Å². The number of rotatable bonds is 5. The molecule has 1 aliphatic carbocycles. The standard InChI is InChI=1S/C28H27NO2/c1-20(2)18-22(17-16-21-10-4-3-5-11-21)29-28(30)31-19-27-25-14-8-6-12-23(25)24-13-7-9-15-26(24)27/h3-15,20,22,27H,18-19H2,1-2H3,(H,29,30)/t22-/m1/s1. The van der Waals surface area contributed by atoms with Gasteiger partial charge in [0, 0.05) is 11.5 Å². The molecule has 0 saturated carbocycles. The van der Waals surface area contributed by atoms with Crippen LogP contribution in [-0.2, 0) is 4.74 Å². The fraction of sp³-hybridized carbons (Fsp3) is 0.250. The van der Waals surface area contributed by atoms with Crippen molar-refractivity contribution in [3.63, 3.8) is 0 Å². The molecule has 0 bridgehead atoms. The van der Waals surface area contributed by atoms with E-state index in [-0.39, 0.29) is 12.0 Å². The monoisotopic (exact) mass is 409 g/mol. The highest BCUT2D eigenvalue weighted by molar-refractivity contribution is 5.79. The number of alkyl carbamates (subject to hydrolysis) is 1. The lowest BCUT2D eigenvalue weighted by atomic mass is 9.98. The molecule has 3 heteroatoms. The van der Waals surface area contributed by atoms with Gasteiger partial charge in [-0.1, -0.05) is 92.4 Å². The predicted molar refractivity (Wildman–Crippen MR) is 125 cm³/mol. The predicted octanol–water partition coefficient (Wildman–Crippen LogP) is 5.99. The van der Waals surface area contributed by atoms with Gasteiger partial charge in [-0.2, -0.15) is 0 Å². The van der Waals surface area contributed by atoms with Crippen LogP contribution >= 0.6 is 0 Å². The van der Waals surface area contributed by atoms with Gasteiger partial charge in [0.15, 0.2) is 0 Å². The van der Waals surface area contributed by atoms with Crippen molar-refractivity contribution in [3.05, 3.63) is 95.6 Å². The highest BCUT2D eigenvalue weighted by atomic mass is 16.5. The molecule has 0 aromatic heterocycles. The zero-order valence-corrected chi connectivity index (χ0v) is 18.0. The van der Waals surface area contributed by atoms with E-state index in [1.807, 2.05) is 54.6 Å². The first-order chi connectivity index (χ1) is 15.1. The van der Waals surface area contributed by atoms with Crippen LogP contribution in [0.1, 0.15) is 42.9 Å². The van der Waals surface area contributed by atoms with Gasteiger partial charge in [0.05, 0.1) is 6.04 Å². The summed E-state index contributed by atoms with van der Waals surface area (Å²) >= 11 is 0. The van der Waals surface area contributed by atoms with Crippen molar-refractivity contribution in [2.45, 2.75) is 32.2 Å². The Labute approximate surface area is 184 Å². The van der Waals surface area contributed by atoms with Gasteiger partial charge < -0.3 is 10.1 Å². The highest BCUT2D eigenvalue weighted by Gasteiger charge is 2.29. The van der Waals surface area contributed by atoms with Crippen molar-refractivity contribution < 1.29 is 9.53 Å². The van der Waals surface area contributed by atoms with Crippen LogP contribution in [0.15, 0.2) is 78.9 Å². The summed E-state index contributed by atoms with van der Waals surface area (Å²) in [6.45, 7) is 4.55. The third-order valence-corrected chi connectivity index (χ3v) is 5.51. The number of carbonyl (C=O) groups is 1. The van der Waals surface area contributed by atoms with Crippen molar-refractivity contribution in [3.8, 4) is 23.0 Å². The molecule has 0 radical (unpaired) electrons. The summed E-state index contributed by atoms with van der Waals surface area (Å²) in [6.07, 6.45) is 0.346. The second-order valence-corrected chi connectivity index (χ2v) is 8.29. The molecule has 1 amide bonds. The molecule has 1 aliphatic rings. The Balaban J connectivity index is 1.44.